The monoisotopic (exact) mass is 1040 g/mol. The van der Waals surface area contributed by atoms with Gasteiger partial charge in [-0.15, -0.1) is 0 Å². The number of aliphatic hydroxyl groups excluding tert-OH is 9. The van der Waals surface area contributed by atoms with Gasteiger partial charge in [-0.05, 0) is 33.1 Å². The molecule has 3 rings (SSSR count). The van der Waals surface area contributed by atoms with E-state index in [9.17, 15) is 65.4 Å². The van der Waals surface area contributed by atoms with Crippen molar-refractivity contribution in [2.24, 2.45) is 29.2 Å². The van der Waals surface area contributed by atoms with Crippen LogP contribution in [0.3, 0.4) is 0 Å². The molecule has 0 unspecified atom stereocenters. The number of allylic oxidation sites excluding steroid dienone is 12. The van der Waals surface area contributed by atoms with Crippen molar-refractivity contribution in [1.29, 1.82) is 0 Å². The van der Waals surface area contributed by atoms with Crippen molar-refractivity contribution in [2.45, 2.75) is 183 Å². The van der Waals surface area contributed by atoms with E-state index in [0.717, 1.165) is 0 Å². The Morgan fingerprint density at radius 2 is 1.29 bits per heavy atom. The molecule has 2 fully saturated rings. The third kappa shape index (κ3) is 22.0. The number of hydrogen-bond acceptors (Lipinski definition) is 19. The molecular formula is C52H84N4O17. The molecule has 0 aliphatic carbocycles. The Balaban J connectivity index is 1.96. The molecular weight excluding hydrogens is 953 g/mol. The Hall–Kier alpha value is -4.01. The van der Waals surface area contributed by atoms with Crippen molar-refractivity contribution < 1.29 is 84.4 Å². The lowest BCUT2D eigenvalue weighted by Crippen LogP contribution is -2.64. The molecule has 3 heterocycles. The van der Waals surface area contributed by atoms with Crippen LogP contribution in [0.25, 0.3) is 0 Å². The van der Waals surface area contributed by atoms with Gasteiger partial charge in [0.1, 0.15) is 18.3 Å². The van der Waals surface area contributed by atoms with Crippen LogP contribution in [0.2, 0.25) is 0 Å². The zero-order valence-electron chi connectivity index (χ0n) is 42.4. The predicted molar refractivity (Wildman–Crippen MR) is 269 cm³/mol. The fourth-order valence-corrected chi connectivity index (χ4v) is 8.83. The topological polar surface area (TPSA) is 367 Å². The number of fused-ring (bicyclic) bond motifs is 2. The minimum absolute atomic E-state index is 0.0145. The SMILES string of the molecule is C[C@@H]1[C@H](O)[C@@H](C)\C=C/C=C\C=C/C=C\C=C/C=C\C=C\[C@H](O[C@@H]2O[C@H](C)[C@@H](O)[C@H](NC(=O)CCN)[C@@H]2O)C[C@@H]2O[C@](O)(C[C@@H](O)C[C@@H](O)[C@H](O)CC[C@@H](O)C[C@@H](O)CC(=O)O[C@H]1C)C[C@H](O)[C@H]2C(=O)NCCN. The van der Waals surface area contributed by atoms with Crippen molar-refractivity contribution in [3.8, 4) is 0 Å². The van der Waals surface area contributed by atoms with E-state index in [1.54, 1.807) is 80.7 Å². The van der Waals surface area contributed by atoms with E-state index in [-0.39, 0.29) is 57.7 Å². The molecule has 3 aliphatic rings. The molecule has 0 saturated carbocycles. The average molecular weight is 1040 g/mol. The lowest BCUT2D eigenvalue weighted by atomic mass is 9.82. The summed E-state index contributed by atoms with van der Waals surface area (Å²) in [5.41, 5.74) is 11.2. The van der Waals surface area contributed by atoms with Gasteiger partial charge in [-0.3, -0.25) is 14.4 Å². The maximum Gasteiger partial charge on any atom is 0.308 e. The summed E-state index contributed by atoms with van der Waals surface area (Å²) in [6.45, 7) is 6.84. The summed E-state index contributed by atoms with van der Waals surface area (Å²) in [6, 6.07) is -1.24. The molecule has 0 aromatic rings. The highest BCUT2D eigenvalue weighted by atomic mass is 16.7. The number of amides is 2. The average Bonchev–Trinajstić information content (AvgIpc) is 3.31. The van der Waals surface area contributed by atoms with Gasteiger partial charge in [-0.25, -0.2) is 0 Å². The molecule has 21 heteroatoms. The van der Waals surface area contributed by atoms with Crippen molar-refractivity contribution in [3.05, 3.63) is 85.1 Å². The number of rotatable bonds is 8. The molecule has 0 aromatic carbocycles. The Morgan fingerprint density at radius 3 is 1.89 bits per heavy atom. The van der Waals surface area contributed by atoms with Crippen LogP contribution < -0.4 is 22.1 Å². The minimum atomic E-state index is -2.32. The highest BCUT2D eigenvalue weighted by Crippen LogP contribution is 2.38. The molecule has 0 spiro atoms. The molecule has 2 amide bonds. The Bertz CT molecular complexity index is 1880. The Kier molecular flexibility index (Phi) is 28.1. The lowest BCUT2D eigenvalue weighted by Gasteiger charge is -2.46. The van der Waals surface area contributed by atoms with Crippen LogP contribution in [-0.4, -0.2) is 186 Å². The first kappa shape index (κ1) is 63.3. The number of aliphatic hydroxyl groups is 10. The van der Waals surface area contributed by atoms with Crippen molar-refractivity contribution in [1.82, 2.24) is 10.6 Å². The number of ether oxygens (including phenoxy) is 4. The molecule has 73 heavy (non-hydrogen) atoms. The van der Waals surface area contributed by atoms with E-state index < -0.39 is 153 Å². The van der Waals surface area contributed by atoms with Crippen molar-refractivity contribution in [2.75, 3.05) is 19.6 Å². The molecule has 2 bridgehead atoms. The summed E-state index contributed by atoms with van der Waals surface area (Å²) in [4.78, 5) is 38.9. The van der Waals surface area contributed by atoms with Gasteiger partial charge >= 0.3 is 5.97 Å². The van der Waals surface area contributed by atoms with E-state index in [4.69, 9.17) is 30.4 Å². The minimum Gasteiger partial charge on any atom is -0.462 e. The molecule has 21 nitrogen and oxygen atoms in total. The first-order valence-corrected chi connectivity index (χ1v) is 25.3. The van der Waals surface area contributed by atoms with Crippen LogP contribution >= 0.6 is 0 Å². The van der Waals surface area contributed by atoms with Gasteiger partial charge in [0.15, 0.2) is 12.1 Å². The second-order valence-electron chi connectivity index (χ2n) is 19.4. The molecule has 19 atom stereocenters. The van der Waals surface area contributed by atoms with Gasteiger partial charge in [0, 0.05) is 63.6 Å². The molecule has 16 N–H and O–H groups in total. The van der Waals surface area contributed by atoms with Gasteiger partial charge in [0.2, 0.25) is 11.8 Å². The van der Waals surface area contributed by atoms with Gasteiger partial charge < -0.3 is 92.1 Å². The molecule has 3 aliphatic heterocycles. The second kappa shape index (κ2) is 32.4. The van der Waals surface area contributed by atoms with Crippen LogP contribution in [0.15, 0.2) is 85.1 Å². The second-order valence-corrected chi connectivity index (χ2v) is 19.4. The van der Waals surface area contributed by atoms with Gasteiger partial charge in [0.25, 0.3) is 0 Å². The maximum atomic E-state index is 13.6. The third-order valence-corrected chi connectivity index (χ3v) is 13.1. The normalized spacial score (nSPS) is 41.7. The smallest absolute Gasteiger partial charge is 0.308 e. The largest absolute Gasteiger partial charge is 0.462 e. The summed E-state index contributed by atoms with van der Waals surface area (Å²) in [6.07, 6.45) is 3.23. The number of carbonyl (C=O) groups is 3. The zero-order chi connectivity index (χ0) is 54.3. The fraction of sp³-hybridized carbons (Fsp3) is 0.673. The first-order valence-electron chi connectivity index (χ1n) is 25.3. The number of nitrogens with one attached hydrogen (secondary N) is 2. The molecule has 0 aromatic heterocycles. The number of cyclic esters (lactones) is 1. The van der Waals surface area contributed by atoms with Crippen LogP contribution in [0.5, 0.6) is 0 Å². The predicted octanol–water partition coefficient (Wildman–Crippen LogP) is -0.792. The van der Waals surface area contributed by atoms with Crippen LogP contribution in [0.1, 0.15) is 85.5 Å². The molecule has 2 saturated heterocycles. The van der Waals surface area contributed by atoms with E-state index in [1.165, 1.54) is 6.92 Å². The van der Waals surface area contributed by atoms with Crippen LogP contribution in [0, 0.1) is 17.8 Å². The fourth-order valence-electron chi connectivity index (χ4n) is 8.83. The molecule has 0 radical (unpaired) electrons. The molecule has 414 valence electrons. The maximum absolute atomic E-state index is 13.6. The van der Waals surface area contributed by atoms with Gasteiger partial charge in [-0.2, -0.15) is 0 Å². The lowest BCUT2D eigenvalue weighted by molar-refractivity contribution is -0.307. The Morgan fingerprint density at radius 1 is 0.685 bits per heavy atom. The van der Waals surface area contributed by atoms with E-state index in [2.05, 4.69) is 10.6 Å². The highest BCUT2D eigenvalue weighted by molar-refractivity contribution is 5.80. The summed E-state index contributed by atoms with van der Waals surface area (Å²) < 4.78 is 23.8. The van der Waals surface area contributed by atoms with Crippen LogP contribution in [-0.2, 0) is 33.3 Å². The zero-order valence-corrected chi connectivity index (χ0v) is 42.4. The third-order valence-electron chi connectivity index (χ3n) is 13.1. The highest BCUT2D eigenvalue weighted by Gasteiger charge is 2.51. The summed E-state index contributed by atoms with van der Waals surface area (Å²) in [5.74, 6) is -6.34. The summed E-state index contributed by atoms with van der Waals surface area (Å²) >= 11 is 0. The van der Waals surface area contributed by atoms with Crippen LogP contribution in [0.4, 0.5) is 0 Å². The van der Waals surface area contributed by atoms with E-state index in [1.807, 2.05) is 25.2 Å². The van der Waals surface area contributed by atoms with Crippen molar-refractivity contribution in [3.63, 3.8) is 0 Å². The number of esters is 1. The number of carbonyl (C=O) groups excluding carboxylic acids is 3. The standard InChI is InChI=1S/C52H84N4O17/c1-31-17-15-13-11-9-7-5-6-8-10-12-14-16-18-38(72-51-49(67)46(48(66)34(4)71-51)56-43(63)21-22-53)28-42-45(50(68)55-24-23-54)41(62)30-52(69,73-42)29-37(59)26-40(61)39(60)20-19-35(57)25-36(58)27-44(64)70-33(3)32(2)47(31)65/h5-18,31-42,45-49,51,57-62,65-67,69H,19-30,53-54H2,1-4H3,(H,55,68)(H,56,63)/b6-5-,9-7-,10-8-,13-11-,14-12-,17-15-,18-16+/t31-,32-,33-,34+,35+,36+,37-,38-,39+,40+,41-,42-,45+,46-,47+,48+,49-,51-,52+/m0/s1. The summed E-state index contributed by atoms with van der Waals surface area (Å²) in [7, 11) is 0. The number of hydrogen-bond donors (Lipinski definition) is 14. The van der Waals surface area contributed by atoms with Gasteiger partial charge in [0.05, 0.1) is 79.4 Å². The summed E-state index contributed by atoms with van der Waals surface area (Å²) in [5, 5.41) is 116. The van der Waals surface area contributed by atoms with E-state index in [0.29, 0.717) is 0 Å². The number of nitrogens with two attached hydrogens (primary N) is 2. The van der Waals surface area contributed by atoms with Crippen molar-refractivity contribution >= 4 is 17.8 Å². The first-order chi connectivity index (χ1) is 34.6. The van der Waals surface area contributed by atoms with Gasteiger partial charge in [-0.1, -0.05) is 98.9 Å². The van der Waals surface area contributed by atoms with E-state index >= 15 is 0 Å². The Labute approximate surface area is 428 Å². The quantitative estimate of drug-likeness (QED) is 0.132.